The topological polar surface area (TPSA) is 56.9 Å². The van der Waals surface area contributed by atoms with E-state index in [-0.39, 0.29) is 11.2 Å². The Morgan fingerprint density at radius 3 is 2.54 bits per heavy atom. The molecule has 0 aliphatic carbocycles. The minimum Gasteiger partial charge on any atom is -0.299 e. The van der Waals surface area contributed by atoms with Gasteiger partial charge in [0.15, 0.2) is 0 Å². The van der Waals surface area contributed by atoms with Gasteiger partial charge in [0, 0.05) is 18.1 Å². The number of hydrogen-bond donors (Lipinski definition) is 0. The van der Waals surface area contributed by atoms with E-state index in [1.54, 1.807) is 20.0 Å². The van der Waals surface area contributed by atoms with E-state index in [0.717, 1.165) is 20.3 Å². The molecule has 0 fully saturated rings. The molecule has 0 amide bonds. The minimum atomic E-state index is -0.485. The van der Waals surface area contributed by atoms with E-state index < -0.39 is 3.23 Å². The van der Waals surface area contributed by atoms with E-state index in [4.69, 9.17) is 0 Å². The lowest BCUT2D eigenvalue weighted by Gasteiger charge is -2.13. The molecule has 0 aliphatic rings. The number of aromatic nitrogens is 3. The van der Waals surface area contributed by atoms with Crippen LogP contribution in [0.4, 0.5) is 0 Å². The Labute approximate surface area is 166 Å². The van der Waals surface area contributed by atoms with Crippen molar-refractivity contribution in [1.29, 1.82) is 0 Å². The molecule has 0 spiro atoms. The van der Waals surface area contributed by atoms with Gasteiger partial charge in [-0.3, -0.25) is 9.36 Å². The fraction of sp³-hybridized carbons (Fsp3) is 0.267. The molecule has 126 valence electrons. The van der Waals surface area contributed by atoms with E-state index in [0.29, 0.717) is 15.9 Å². The molecule has 0 saturated heterocycles. The van der Waals surface area contributed by atoms with Crippen LogP contribution in [-0.2, 0) is 10.3 Å². The van der Waals surface area contributed by atoms with E-state index in [9.17, 15) is 9.59 Å². The van der Waals surface area contributed by atoms with Crippen LogP contribution in [0, 0.1) is 6.92 Å². The number of nitrogens with zero attached hydrogens (tertiary/aromatic N) is 3. The van der Waals surface area contributed by atoms with Crippen molar-refractivity contribution in [2.45, 2.75) is 17.1 Å². The summed E-state index contributed by atoms with van der Waals surface area (Å²) in [5.74, 6) is 0. The number of fused-ring (bicyclic) bond motifs is 1. The Kier molecular flexibility index (Phi) is 4.65. The average Bonchev–Trinajstić information content (AvgIpc) is 2.94. The number of benzene rings is 1. The molecule has 3 rings (SSSR count). The third kappa shape index (κ3) is 2.85. The summed E-state index contributed by atoms with van der Waals surface area (Å²) in [6.45, 7) is 3.66. The van der Waals surface area contributed by atoms with Gasteiger partial charge in [0.05, 0.1) is 16.1 Å². The first-order valence-corrected chi connectivity index (χ1v) is 10.0. The van der Waals surface area contributed by atoms with Gasteiger partial charge in [-0.05, 0) is 59.5 Å². The molecule has 3 aromatic rings. The summed E-state index contributed by atoms with van der Waals surface area (Å²) in [6, 6.07) is 5.45. The van der Waals surface area contributed by atoms with Crippen LogP contribution in [0.1, 0.15) is 18.3 Å². The fourth-order valence-corrected chi connectivity index (χ4v) is 4.53. The van der Waals surface area contributed by atoms with Crippen molar-refractivity contribution in [1.82, 2.24) is 13.5 Å². The molecule has 0 bridgehead atoms. The Morgan fingerprint density at radius 1 is 1.25 bits per heavy atom. The highest BCUT2D eigenvalue weighted by Crippen LogP contribution is 2.41. The summed E-state index contributed by atoms with van der Waals surface area (Å²) in [5.41, 5.74) is 1.15. The third-order valence-electron chi connectivity index (χ3n) is 3.82. The van der Waals surface area contributed by atoms with Gasteiger partial charge in [-0.25, -0.2) is 9.36 Å². The zero-order valence-electron chi connectivity index (χ0n) is 12.9. The molecule has 0 saturated carbocycles. The van der Waals surface area contributed by atoms with Crippen LogP contribution < -0.4 is 11.2 Å². The maximum absolute atomic E-state index is 12.6. The number of halogens is 3. The largest absolute Gasteiger partial charge is 0.335 e. The Bertz CT molecular complexity index is 1040. The number of alkyl halides is 2. The molecule has 0 atom stereocenters. The molecule has 2 aromatic heterocycles. The highest BCUT2D eigenvalue weighted by atomic mass is 79.9. The molecule has 0 aliphatic heterocycles. The van der Waals surface area contributed by atoms with E-state index >= 15 is 0 Å². The Balaban J connectivity index is 2.37. The Hall–Kier alpha value is -0.770. The lowest BCUT2D eigenvalue weighted by molar-refractivity contribution is 0.706. The zero-order chi connectivity index (χ0) is 17.8. The quantitative estimate of drug-likeness (QED) is 0.461. The lowest BCUT2D eigenvalue weighted by atomic mass is 10.1. The van der Waals surface area contributed by atoms with Crippen molar-refractivity contribution in [2.24, 2.45) is 7.05 Å². The van der Waals surface area contributed by atoms with Crippen LogP contribution in [0.25, 0.3) is 15.8 Å². The third-order valence-corrected chi connectivity index (χ3v) is 6.31. The van der Waals surface area contributed by atoms with Gasteiger partial charge in [-0.2, -0.15) is 4.37 Å². The van der Waals surface area contributed by atoms with Crippen LogP contribution in [0.5, 0.6) is 0 Å². The van der Waals surface area contributed by atoms with Crippen LogP contribution in [-0.4, -0.2) is 13.5 Å². The average molecular weight is 538 g/mol. The van der Waals surface area contributed by atoms with Gasteiger partial charge in [-0.15, -0.1) is 0 Å². The van der Waals surface area contributed by atoms with Gasteiger partial charge < -0.3 is 0 Å². The minimum absolute atomic E-state index is 0.374. The van der Waals surface area contributed by atoms with E-state index in [2.05, 4.69) is 52.2 Å². The summed E-state index contributed by atoms with van der Waals surface area (Å²) < 4.78 is 7.94. The molecular weight excluding hydrogens is 526 g/mol. The Morgan fingerprint density at radius 2 is 1.92 bits per heavy atom. The first-order valence-electron chi connectivity index (χ1n) is 6.89. The molecule has 2 heterocycles. The summed E-state index contributed by atoms with van der Waals surface area (Å²) in [7, 11) is 1.64. The summed E-state index contributed by atoms with van der Waals surface area (Å²) in [5, 5.41) is 0.888. The number of rotatable bonds is 2. The number of hydrogen-bond acceptors (Lipinski definition) is 4. The van der Waals surface area contributed by atoms with Crippen molar-refractivity contribution in [3.63, 3.8) is 0 Å². The second-order valence-corrected chi connectivity index (χ2v) is 11.3. The highest BCUT2D eigenvalue weighted by Gasteiger charge is 2.25. The van der Waals surface area contributed by atoms with Crippen LogP contribution >= 0.6 is 59.3 Å². The van der Waals surface area contributed by atoms with Gasteiger partial charge >= 0.3 is 5.69 Å². The van der Waals surface area contributed by atoms with Crippen molar-refractivity contribution in [2.75, 3.05) is 0 Å². The van der Waals surface area contributed by atoms with E-state index in [1.807, 2.05) is 19.1 Å². The van der Waals surface area contributed by atoms with Crippen molar-refractivity contribution in [3.8, 4) is 5.69 Å². The lowest BCUT2D eigenvalue weighted by Crippen LogP contribution is -2.39. The molecule has 24 heavy (non-hydrogen) atoms. The molecule has 9 heteroatoms. The molecule has 0 radical (unpaired) electrons. The predicted octanol–water partition coefficient (Wildman–Crippen LogP) is 4.18. The monoisotopic (exact) mass is 535 g/mol. The fourth-order valence-electron chi connectivity index (χ4n) is 2.39. The molecule has 5 nitrogen and oxygen atoms in total. The van der Waals surface area contributed by atoms with Crippen molar-refractivity contribution >= 4 is 69.4 Å². The van der Waals surface area contributed by atoms with Crippen LogP contribution in [0.15, 0.2) is 32.3 Å². The zero-order valence-corrected chi connectivity index (χ0v) is 18.5. The summed E-state index contributed by atoms with van der Waals surface area (Å²) in [6.07, 6.45) is 0. The molecule has 1 aromatic carbocycles. The van der Waals surface area contributed by atoms with Gasteiger partial charge in [-0.1, -0.05) is 31.9 Å². The van der Waals surface area contributed by atoms with Crippen LogP contribution in [0.2, 0.25) is 0 Å². The molecule has 0 unspecified atom stereocenters. The summed E-state index contributed by atoms with van der Waals surface area (Å²) >= 11 is 11.8. The normalized spacial score (nSPS) is 12.1. The first kappa shape index (κ1) is 18.0. The smallest absolute Gasteiger partial charge is 0.299 e. The maximum atomic E-state index is 12.6. The summed E-state index contributed by atoms with van der Waals surface area (Å²) in [4.78, 5) is 25.2. The first-order chi connectivity index (χ1) is 11.1. The van der Waals surface area contributed by atoms with Crippen LogP contribution in [0.3, 0.4) is 0 Å². The standard InChI is InChI=1S/C15H12Br3N3O2S/c1-7-11(16)13(22)21(14(23)20(7)3)8-4-5-10-9(6-8)12(19-24-10)15(2,17)18/h4-6H,1-3H3. The van der Waals surface area contributed by atoms with Gasteiger partial charge in [0.2, 0.25) is 0 Å². The van der Waals surface area contributed by atoms with Crippen molar-refractivity contribution in [3.05, 3.63) is 54.9 Å². The second-order valence-electron chi connectivity index (χ2n) is 5.48. The van der Waals surface area contributed by atoms with Gasteiger partial charge in [0.25, 0.3) is 5.56 Å². The second kappa shape index (κ2) is 6.19. The molecule has 0 N–H and O–H groups in total. The SMILES string of the molecule is Cc1c(Br)c(=O)n(-c2ccc3snc(C(C)(Br)Br)c3c2)c(=O)n1C. The highest BCUT2D eigenvalue weighted by molar-refractivity contribution is 9.24. The maximum Gasteiger partial charge on any atom is 0.335 e. The molecular formula is C15H12Br3N3O2S. The van der Waals surface area contributed by atoms with Crippen molar-refractivity contribution < 1.29 is 0 Å². The van der Waals surface area contributed by atoms with Gasteiger partial charge in [0.1, 0.15) is 7.71 Å². The predicted molar refractivity (Wildman–Crippen MR) is 108 cm³/mol. The van der Waals surface area contributed by atoms with E-state index in [1.165, 1.54) is 16.1 Å².